The molecule has 0 aliphatic carbocycles. The van der Waals surface area contributed by atoms with Crippen molar-refractivity contribution < 1.29 is 4.42 Å². The first-order valence-corrected chi connectivity index (χ1v) is 5.94. The SMILES string of the molecule is c1coc(CSC[C@@H]2CCCN2)c1. The van der Waals surface area contributed by atoms with Gasteiger partial charge in [-0.15, -0.1) is 0 Å². The van der Waals surface area contributed by atoms with E-state index in [9.17, 15) is 0 Å². The molecule has 1 atom stereocenters. The number of rotatable bonds is 4. The molecule has 0 bridgehead atoms. The van der Waals surface area contributed by atoms with Crippen molar-refractivity contribution >= 4 is 11.8 Å². The minimum absolute atomic E-state index is 0.736. The van der Waals surface area contributed by atoms with Gasteiger partial charge >= 0.3 is 0 Å². The predicted octanol–water partition coefficient (Wildman–Crippen LogP) is 2.26. The summed E-state index contributed by atoms with van der Waals surface area (Å²) in [6.45, 7) is 1.20. The van der Waals surface area contributed by atoms with Crippen molar-refractivity contribution in [2.75, 3.05) is 12.3 Å². The fourth-order valence-electron chi connectivity index (χ4n) is 1.60. The maximum atomic E-state index is 5.26. The summed E-state index contributed by atoms with van der Waals surface area (Å²) in [5, 5.41) is 3.49. The van der Waals surface area contributed by atoms with E-state index in [0.29, 0.717) is 0 Å². The molecule has 0 spiro atoms. The van der Waals surface area contributed by atoms with Gasteiger partial charge in [-0.3, -0.25) is 0 Å². The minimum atomic E-state index is 0.736. The van der Waals surface area contributed by atoms with Crippen molar-refractivity contribution in [3.8, 4) is 0 Å². The first-order chi connectivity index (χ1) is 6.45. The molecule has 0 aromatic carbocycles. The van der Waals surface area contributed by atoms with Gasteiger partial charge in [0.2, 0.25) is 0 Å². The number of thioether (sulfide) groups is 1. The summed E-state index contributed by atoms with van der Waals surface area (Å²) < 4.78 is 5.26. The van der Waals surface area contributed by atoms with Gasteiger partial charge in [0, 0.05) is 11.8 Å². The first-order valence-electron chi connectivity index (χ1n) is 4.78. The van der Waals surface area contributed by atoms with E-state index in [-0.39, 0.29) is 0 Å². The summed E-state index contributed by atoms with van der Waals surface area (Å²) in [4.78, 5) is 0. The zero-order chi connectivity index (χ0) is 8.93. The molecule has 0 unspecified atom stereocenters. The van der Waals surface area contributed by atoms with E-state index >= 15 is 0 Å². The lowest BCUT2D eigenvalue weighted by Crippen LogP contribution is -2.23. The van der Waals surface area contributed by atoms with Crippen molar-refractivity contribution in [3.63, 3.8) is 0 Å². The molecule has 0 saturated carbocycles. The molecule has 72 valence electrons. The van der Waals surface area contributed by atoms with Crippen LogP contribution in [0.2, 0.25) is 0 Å². The standard InChI is InChI=1S/C10H15NOS/c1-3-9(11-5-1)7-13-8-10-4-2-6-12-10/h2,4,6,9,11H,1,3,5,7-8H2/t9-/m0/s1. The molecule has 1 aromatic rings. The largest absolute Gasteiger partial charge is 0.468 e. The fourth-order valence-corrected chi connectivity index (χ4v) is 2.65. The Morgan fingerprint density at radius 2 is 2.62 bits per heavy atom. The summed E-state index contributed by atoms with van der Waals surface area (Å²) >= 11 is 1.95. The van der Waals surface area contributed by atoms with Crippen molar-refractivity contribution in [2.24, 2.45) is 0 Å². The van der Waals surface area contributed by atoms with E-state index in [4.69, 9.17) is 4.42 Å². The third-order valence-corrected chi connectivity index (χ3v) is 3.43. The lowest BCUT2D eigenvalue weighted by atomic mass is 10.3. The van der Waals surface area contributed by atoms with Crippen LogP contribution in [0, 0.1) is 0 Å². The Bertz CT molecular complexity index is 229. The van der Waals surface area contributed by atoms with E-state index in [0.717, 1.165) is 17.6 Å². The lowest BCUT2D eigenvalue weighted by molar-refractivity contribution is 0.530. The van der Waals surface area contributed by atoms with Crippen LogP contribution in [0.5, 0.6) is 0 Å². The highest BCUT2D eigenvalue weighted by atomic mass is 32.2. The Balaban J connectivity index is 1.63. The van der Waals surface area contributed by atoms with Crippen LogP contribution in [0.4, 0.5) is 0 Å². The lowest BCUT2D eigenvalue weighted by Gasteiger charge is -2.07. The van der Waals surface area contributed by atoms with Gasteiger partial charge in [-0.05, 0) is 31.5 Å². The Labute approximate surface area is 83.1 Å². The molecule has 0 amide bonds. The summed E-state index contributed by atoms with van der Waals surface area (Å²) in [5.74, 6) is 3.30. The molecule has 2 nitrogen and oxygen atoms in total. The average Bonchev–Trinajstić information content (AvgIpc) is 2.75. The second-order valence-corrected chi connectivity index (χ2v) is 4.42. The van der Waals surface area contributed by atoms with Gasteiger partial charge in [0.15, 0.2) is 0 Å². The van der Waals surface area contributed by atoms with Gasteiger partial charge < -0.3 is 9.73 Å². The molecule has 2 heterocycles. The molecular weight excluding hydrogens is 182 g/mol. The van der Waals surface area contributed by atoms with Crippen LogP contribution in [0.1, 0.15) is 18.6 Å². The molecule has 0 radical (unpaired) electrons. The summed E-state index contributed by atoms with van der Waals surface area (Å²) in [7, 11) is 0. The maximum absolute atomic E-state index is 5.26. The average molecular weight is 197 g/mol. The highest BCUT2D eigenvalue weighted by Gasteiger charge is 2.13. The van der Waals surface area contributed by atoms with Crippen molar-refractivity contribution in [1.82, 2.24) is 5.32 Å². The van der Waals surface area contributed by atoms with Crippen LogP contribution < -0.4 is 5.32 Å². The van der Waals surface area contributed by atoms with Crippen LogP contribution in [-0.4, -0.2) is 18.3 Å². The van der Waals surface area contributed by atoms with Crippen LogP contribution in [0.15, 0.2) is 22.8 Å². The zero-order valence-corrected chi connectivity index (χ0v) is 8.48. The van der Waals surface area contributed by atoms with E-state index in [2.05, 4.69) is 5.32 Å². The van der Waals surface area contributed by atoms with Crippen LogP contribution in [0.3, 0.4) is 0 Å². The highest BCUT2D eigenvalue weighted by molar-refractivity contribution is 7.98. The Hall–Kier alpha value is -0.410. The van der Waals surface area contributed by atoms with E-state index in [1.165, 1.54) is 25.1 Å². The third-order valence-electron chi connectivity index (χ3n) is 2.31. The van der Waals surface area contributed by atoms with Gasteiger partial charge in [0.25, 0.3) is 0 Å². The molecule has 2 rings (SSSR count). The van der Waals surface area contributed by atoms with Gasteiger partial charge in [-0.2, -0.15) is 11.8 Å². The summed E-state index contributed by atoms with van der Waals surface area (Å²) in [6, 6.07) is 4.72. The monoisotopic (exact) mass is 197 g/mol. The first kappa shape index (κ1) is 9.16. The van der Waals surface area contributed by atoms with Crippen LogP contribution >= 0.6 is 11.8 Å². The van der Waals surface area contributed by atoms with Crippen molar-refractivity contribution in [2.45, 2.75) is 24.6 Å². The summed E-state index contributed by atoms with van der Waals surface area (Å²) in [6.07, 6.45) is 4.42. The number of hydrogen-bond donors (Lipinski definition) is 1. The van der Waals surface area contributed by atoms with Gasteiger partial charge in [-0.25, -0.2) is 0 Å². The molecule has 1 fully saturated rings. The van der Waals surface area contributed by atoms with Gasteiger partial charge in [0.05, 0.1) is 12.0 Å². The van der Waals surface area contributed by atoms with Gasteiger partial charge in [-0.1, -0.05) is 0 Å². The molecular formula is C10H15NOS. The van der Waals surface area contributed by atoms with E-state index in [1.54, 1.807) is 6.26 Å². The quantitative estimate of drug-likeness (QED) is 0.801. The van der Waals surface area contributed by atoms with Crippen LogP contribution in [0.25, 0.3) is 0 Å². The van der Waals surface area contributed by atoms with E-state index < -0.39 is 0 Å². The molecule has 1 saturated heterocycles. The second-order valence-electron chi connectivity index (χ2n) is 3.39. The number of furan rings is 1. The zero-order valence-electron chi connectivity index (χ0n) is 7.66. The molecule has 3 heteroatoms. The molecule has 1 N–H and O–H groups in total. The summed E-state index contributed by atoms with van der Waals surface area (Å²) in [5.41, 5.74) is 0. The molecule has 1 aliphatic rings. The van der Waals surface area contributed by atoms with E-state index in [1.807, 2.05) is 23.9 Å². The van der Waals surface area contributed by atoms with Crippen molar-refractivity contribution in [1.29, 1.82) is 0 Å². The fraction of sp³-hybridized carbons (Fsp3) is 0.600. The molecule has 1 aromatic heterocycles. The number of nitrogens with one attached hydrogen (secondary N) is 1. The Morgan fingerprint density at radius 3 is 3.31 bits per heavy atom. The molecule has 1 aliphatic heterocycles. The van der Waals surface area contributed by atoms with Gasteiger partial charge in [0.1, 0.15) is 5.76 Å². The van der Waals surface area contributed by atoms with Crippen molar-refractivity contribution in [3.05, 3.63) is 24.2 Å². The third kappa shape index (κ3) is 2.78. The Kier molecular flexibility index (Phi) is 3.33. The Morgan fingerprint density at radius 1 is 1.62 bits per heavy atom. The number of hydrogen-bond acceptors (Lipinski definition) is 3. The normalized spacial score (nSPS) is 22.3. The van der Waals surface area contributed by atoms with Crippen LogP contribution in [-0.2, 0) is 5.75 Å². The predicted molar refractivity (Wildman–Crippen MR) is 55.9 cm³/mol. The molecule has 13 heavy (non-hydrogen) atoms. The second kappa shape index (κ2) is 4.72. The minimum Gasteiger partial charge on any atom is -0.468 e. The maximum Gasteiger partial charge on any atom is 0.113 e. The smallest absolute Gasteiger partial charge is 0.113 e. The topological polar surface area (TPSA) is 25.2 Å². The highest BCUT2D eigenvalue weighted by Crippen LogP contribution is 2.16.